The minimum atomic E-state index is 0.0837. The maximum absolute atomic E-state index is 5.89. The van der Waals surface area contributed by atoms with E-state index in [0.29, 0.717) is 0 Å². The van der Waals surface area contributed by atoms with Crippen molar-refractivity contribution in [2.45, 2.75) is 39.3 Å². The molecule has 19 heavy (non-hydrogen) atoms. The third kappa shape index (κ3) is 2.12. The van der Waals surface area contributed by atoms with E-state index in [1.54, 1.807) is 0 Å². The fraction of sp³-hybridized carbons (Fsp3) is 0.400. The average molecular weight is 257 g/mol. The molecular formula is C15H19N3O. The van der Waals surface area contributed by atoms with Crippen LogP contribution in [0.2, 0.25) is 0 Å². The number of benzene rings is 1. The van der Waals surface area contributed by atoms with Crippen LogP contribution in [0.5, 0.6) is 0 Å². The molecule has 3 aromatic rings. The highest BCUT2D eigenvalue weighted by Gasteiger charge is 2.12. The number of aryl methyl sites for hydroxylation is 1. The molecule has 0 unspecified atom stereocenters. The summed E-state index contributed by atoms with van der Waals surface area (Å²) in [7, 11) is 0. The summed E-state index contributed by atoms with van der Waals surface area (Å²) in [4.78, 5) is 0. The minimum absolute atomic E-state index is 0.0837. The summed E-state index contributed by atoms with van der Waals surface area (Å²) in [6.07, 6.45) is 3.95. The minimum Gasteiger partial charge on any atom is -0.461 e. The zero-order valence-electron chi connectivity index (χ0n) is 11.4. The Hall–Kier alpha value is -1.81. The SMILES string of the molecule is CCCc1cc2c(ccc3cnn(C[C@H](C)N)c32)o1. The standard InChI is InChI=1S/C15H19N3O/c1-3-4-12-7-13-14(19-12)6-5-11-8-17-18(15(11)13)9-10(2)16/h5-8,10H,3-4,9,16H2,1-2H3/t10-/m0/s1. The zero-order valence-corrected chi connectivity index (χ0v) is 11.4. The highest BCUT2D eigenvalue weighted by Crippen LogP contribution is 2.28. The van der Waals surface area contributed by atoms with Crippen LogP contribution in [0.25, 0.3) is 21.9 Å². The molecule has 1 aromatic carbocycles. The molecule has 0 aliphatic rings. The van der Waals surface area contributed by atoms with Gasteiger partial charge >= 0.3 is 0 Å². The molecule has 0 aliphatic heterocycles. The molecule has 2 heterocycles. The van der Waals surface area contributed by atoms with Crippen molar-refractivity contribution in [3.63, 3.8) is 0 Å². The van der Waals surface area contributed by atoms with Crippen LogP contribution in [0.3, 0.4) is 0 Å². The van der Waals surface area contributed by atoms with Gasteiger partial charge in [-0.2, -0.15) is 5.10 Å². The number of nitrogens with two attached hydrogens (primary N) is 1. The summed E-state index contributed by atoms with van der Waals surface area (Å²) < 4.78 is 7.85. The monoisotopic (exact) mass is 257 g/mol. The van der Waals surface area contributed by atoms with E-state index >= 15 is 0 Å². The van der Waals surface area contributed by atoms with Gasteiger partial charge in [-0.25, -0.2) is 0 Å². The molecule has 0 radical (unpaired) electrons. The molecule has 100 valence electrons. The van der Waals surface area contributed by atoms with Crippen molar-refractivity contribution >= 4 is 21.9 Å². The molecule has 0 bridgehead atoms. The predicted octanol–water partition coefficient (Wildman–Crippen LogP) is 3.08. The molecule has 4 heteroatoms. The van der Waals surface area contributed by atoms with E-state index in [1.807, 2.05) is 23.9 Å². The summed E-state index contributed by atoms with van der Waals surface area (Å²) in [5.74, 6) is 1.04. The molecular weight excluding hydrogens is 238 g/mol. The third-order valence-corrected chi connectivity index (χ3v) is 3.31. The zero-order chi connectivity index (χ0) is 13.4. The fourth-order valence-electron chi connectivity index (χ4n) is 2.53. The number of furan rings is 1. The predicted molar refractivity (Wildman–Crippen MR) is 77.1 cm³/mol. The lowest BCUT2D eigenvalue weighted by molar-refractivity contribution is 0.544. The molecule has 4 nitrogen and oxygen atoms in total. The van der Waals surface area contributed by atoms with Crippen molar-refractivity contribution in [3.8, 4) is 0 Å². The van der Waals surface area contributed by atoms with Crippen LogP contribution < -0.4 is 5.73 Å². The molecule has 0 amide bonds. The number of rotatable bonds is 4. The maximum Gasteiger partial charge on any atom is 0.136 e. The lowest BCUT2D eigenvalue weighted by Crippen LogP contribution is -2.22. The van der Waals surface area contributed by atoms with E-state index in [1.165, 1.54) is 0 Å². The van der Waals surface area contributed by atoms with E-state index in [0.717, 1.165) is 47.0 Å². The van der Waals surface area contributed by atoms with Crippen molar-refractivity contribution in [2.24, 2.45) is 5.73 Å². The van der Waals surface area contributed by atoms with Gasteiger partial charge in [0, 0.05) is 23.2 Å². The average Bonchev–Trinajstić information content (AvgIpc) is 2.92. The van der Waals surface area contributed by atoms with Gasteiger partial charge in [0.15, 0.2) is 0 Å². The first-order valence-corrected chi connectivity index (χ1v) is 6.81. The van der Waals surface area contributed by atoms with Gasteiger partial charge in [-0.1, -0.05) is 6.92 Å². The largest absolute Gasteiger partial charge is 0.461 e. The first-order chi connectivity index (χ1) is 9.19. The van der Waals surface area contributed by atoms with Crippen molar-refractivity contribution < 1.29 is 4.42 Å². The molecule has 2 N–H and O–H groups in total. The van der Waals surface area contributed by atoms with Gasteiger partial charge in [0.25, 0.3) is 0 Å². The van der Waals surface area contributed by atoms with Crippen molar-refractivity contribution in [1.29, 1.82) is 0 Å². The molecule has 1 atom stereocenters. The summed E-state index contributed by atoms with van der Waals surface area (Å²) in [5.41, 5.74) is 7.95. The van der Waals surface area contributed by atoms with Gasteiger partial charge in [-0.15, -0.1) is 0 Å². The van der Waals surface area contributed by atoms with Gasteiger partial charge in [0.1, 0.15) is 11.3 Å². The van der Waals surface area contributed by atoms with Crippen LogP contribution >= 0.6 is 0 Å². The summed E-state index contributed by atoms with van der Waals surface area (Å²) in [6, 6.07) is 6.30. The van der Waals surface area contributed by atoms with E-state index in [2.05, 4.69) is 24.2 Å². The van der Waals surface area contributed by atoms with Crippen molar-refractivity contribution in [3.05, 3.63) is 30.2 Å². The lowest BCUT2D eigenvalue weighted by Gasteiger charge is -2.06. The van der Waals surface area contributed by atoms with Gasteiger partial charge in [0.05, 0.1) is 18.3 Å². The molecule has 0 spiro atoms. The van der Waals surface area contributed by atoms with E-state index in [-0.39, 0.29) is 6.04 Å². The van der Waals surface area contributed by atoms with Crippen molar-refractivity contribution in [2.75, 3.05) is 0 Å². The highest BCUT2D eigenvalue weighted by atomic mass is 16.3. The Morgan fingerprint density at radius 3 is 3.00 bits per heavy atom. The molecule has 2 aromatic heterocycles. The van der Waals surface area contributed by atoms with Gasteiger partial charge < -0.3 is 10.2 Å². The number of hydrogen-bond donors (Lipinski definition) is 1. The quantitative estimate of drug-likeness (QED) is 0.781. The Bertz CT molecular complexity index is 709. The number of fused-ring (bicyclic) bond motifs is 3. The molecule has 0 fully saturated rings. The Morgan fingerprint density at radius 1 is 1.42 bits per heavy atom. The second kappa shape index (κ2) is 4.70. The summed E-state index contributed by atoms with van der Waals surface area (Å²) >= 11 is 0. The van der Waals surface area contributed by atoms with E-state index in [9.17, 15) is 0 Å². The third-order valence-electron chi connectivity index (χ3n) is 3.31. The van der Waals surface area contributed by atoms with Crippen LogP contribution in [0.4, 0.5) is 0 Å². The lowest BCUT2D eigenvalue weighted by atomic mass is 10.1. The van der Waals surface area contributed by atoms with E-state index in [4.69, 9.17) is 10.2 Å². The Balaban J connectivity index is 2.21. The van der Waals surface area contributed by atoms with Crippen LogP contribution in [-0.2, 0) is 13.0 Å². The number of nitrogens with zero attached hydrogens (tertiary/aromatic N) is 2. The Kier molecular flexibility index (Phi) is 3.03. The van der Waals surface area contributed by atoms with Gasteiger partial charge in [-0.3, -0.25) is 4.68 Å². The fourth-order valence-corrected chi connectivity index (χ4v) is 2.53. The normalized spacial score (nSPS) is 13.4. The second-order valence-corrected chi connectivity index (χ2v) is 5.18. The molecule has 0 aliphatic carbocycles. The molecule has 3 rings (SSSR count). The maximum atomic E-state index is 5.89. The number of aromatic nitrogens is 2. The second-order valence-electron chi connectivity index (χ2n) is 5.18. The van der Waals surface area contributed by atoms with Crippen LogP contribution in [0, 0.1) is 0 Å². The first-order valence-electron chi connectivity index (χ1n) is 6.81. The summed E-state index contributed by atoms with van der Waals surface area (Å²) in [6.45, 7) is 4.87. The molecule has 0 saturated carbocycles. The van der Waals surface area contributed by atoms with Crippen LogP contribution in [-0.4, -0.2) is 15.8 Å². The Morgan fingerprint density at radius 2 is 2.26 bits per heavy atom. The highest BCUT2D eigenvalue weighted by molar-refractivity contribution is 6.03. The van der Waals surface area contributed by atoms with Crippen LogP contribution in [0.1, 0.15) is 26.0 Å². The Labute approximate surface area is 112 Å². The molecule has 0 saturated heterocycles. The van der Waals surface area contributed by atoms with Crippen LogP contribution in [0.15, 0.2) is 28.8 Å². The topological polar surface area (TPSA) is 57.0 Å². The summed E-state index contributed by atoms with van der Waals surface area (Å²) in [5, 5.41) is 6.71. The van der Waals surface area contributed by atoms with Crippen molar-refractivity contribution in [1.82, 2.24) is 9.78 Å². The van der Waals surface area contributed by atoms with Gasteiger partial charge in [-0.05, 0) is 31.5 Å². The van der Waals surface area contributed by atoms with E-state index < -0.39 is 0 Å². The number of hydrogen-bond acceptors (Lipinski definition) is 3. The smallest absolute Gasteiger partial charge is 0.136 e. The van der Waals surface area contributed by atoms with Gasteiger partial charge in [0.2, 0.25) is 0 Å². The first kappa shape index (κ1) is 12.2.